The predicted molar refractivity (Wildman–Crippen MR) is 203 cm³/mol. The van der Waals surface area contributed by atoms with Gasteiger partial charge in [0.25, 0.3) is 37.8 Å². The van der Waals surface area contributed by atoms with E-state index in [1.807, 2.05) is 4.72 Å². The van der Waals surface area contributed by atoms with E-state index in [0.29, 0.717) is 12.0 Å². The van der Waals surface area contributed by atoms with E-state index in [-0.39, 0.29) is 57.1 Å². The van der Waals surface area contributed by atoms with E-state index in [2.05, 4.69) is 25.9 Å². The van der Waals surface area contributed by atoms with Gasteiger partial charge in [-0.1, -0.05) is 12.1 Å². The molecular weight excluding hydrogens is 789 g/mol. The van der Waals surface area contributed by atoms with Gasteiger partial charge in [-0.15, -0.1) is 0 Å². The Kier molecular flexibility index (Phi) is 14.1. The molecule has 4 aromatic rings. The highest BCUT2D eigenvalue weighted by Crippen LogP contribution is 2.24. The molecule has 1 heterocycles. The second-order valence-electron chi connectivity index (χ2n) is 11.9. The summed E-state index contributed by atoms with van der Waals surface area (Å²) in [5.74, 6) is -1.54. The molecule has 0 aliphatic heterocycles. The molecule has 5 N–H and O–H groups in total. The molecule has 0 saturated heterocycles. The number of benzene rings is 3. The minimum atomic E-state index is -4.54. The second-order valence-corrected chi connectivity index (χ2v) is 15.2. The third-order valence-electron chi connectivity index (χ3n) is 7.60. The highest BCUT2D eigenvalue weighted by atomic mass is 32.2. The van der Waals surface area contributed by atoms with E-state index in [0.717, 1.165) is 23.8 Å². The first-order valence-corrected chi connectivity index (χ1v) is 19.5. The molecule has 1 fully saturated rings. The second kappa shape index (κ2) is 18.7. The molecule has 3 aromatic carbocycles. The zero-order valence-corrected chi connectivity index (χ0v) is 32.7. The number of rotatable bonds is 14. The van der Waals surface area contributed by atoms with Gasteiger partial charge in [-0.2, -0.15) is 9.97 Å². The Morgan fingerprint density at radius 1 is 0.754 bits per heavy atom. The lowest BCUT2D eigenvalue weighted by Gasteiger charge is -2.16. The molecule has 1 aromatic heterocycles. The van der Waals surface area contributed by atoms with Gasteiger partial charge in [-0.05, 0) is 67.4 Å². The van der Waals surface area contributed by atoms with Crippen LogP contribution in [0.2, 0.25) is 0 Å². The van der Waals surface area contributed by atoms with Gasteiger partial charge in [0.15, 0.2) is 0 Å². The van der Waals surface area contributed by atoms with Crippen molar-refractivity contribution in [3.63, 3.8) is 0 Å². The zero-order valence-electron chi connectivity index (χ0n) is 31.1. The number of hydrogen-bond acceptors (Lipinski definition) is 14. The number of anilines is 2. The lowest BCUT2D eigenvalue weighted by molar-refractivity contribution is -0.105. The van der Waals surface area contributed by atoms with Gasteiger partial charge in [0.2, 0.25) is 24.1 Å². The molecule has 0 spiro atoms. The maximum absolute atomic E-state index is 12.8. The fraction of sp³-hybridized carbons (Fsp3) is 0.229. The summed E-state index contributed by atoms with van der Waals surface area (Å²) < 4.78 is 69.2. The lowest BCUT2D eigenvalue weighted by Crippen LogP contribution is -2.36. The number of carbonyl (C=O) groups is 5. The number of sulfonamides is 2. The van der Waals surface area contributed by atoms with Crippen molar-refractivity contribution in [2.45, 2.75) is 28.7 Å². The van der Waals surface area contributed by atoms with E-state index in [1.165, 1.54) is 84.0 Å². The van der Waals surface area contributed by atoms with Crippen molar-refractivity contribution < 1.29 is 55.0 Å². The molecule has 302 valence electrons. The Labute approximate surface area is 327 Å². The molecule has 20 nitrogen and oxygen atoms in total. The van der Waals surface area contributed by atoms with Crippen molar-refractivity contribution in [3.8, 4) is 17.5 Å². The van der Waals surface area contributed by atoms with Gasteiger partial charge in [-0.25, -0.2) is 31.1 Å². The van der Waals surface area contributed by atoms with E-state index < -0.39 is 42.8 Å². The summed E-state index contributed by atoms with van der Waals surface area (Å²) >= 11 is 0. The molecule has 22 heteroatoms. The highest BCUT2D eigenvalue weighted by molar-refractivity contribution is 7.90. The maximum atomic E-state index is 12.8. The number of ether oxygens (including phenoxy) is 3. The van der Waals surface area contributed by atoms with Crippen molar-refractivity contribution in [3.05, 3.63) is 89.5 Å². The Balaban J connectivity index is 0.000000256. The number of amides is 6. The standard InChI is InChI=1S/C18H18N2O5S.C17H20N6O7S/c1-25-16-5-3-2-4-15(16)18(22)20-26(23,24)14-10-6-12(7-11-14)17(21)19-13-8-9-13;1-23(2)15(25)11-6-5-10(18-9-24)7-12(11)31(27,28)22-17(26)21-16-19-13(29-3)8-14(20-16)30-4/h2-7,10-11,13H,8-9H2,1H3,(H,19,21)(H,20,22);5-9H,1-4H3,(H,18,24)(H2,19,20,21,22,26). The number of methoxy groups -OCH3 is 3. The first-order chi connectivity index (χ1) is 27.0. The monoisotopic (exact) mass is 826 g/mol. The van der Waals surface area contributed by atoms with Crippen molar-refractivity contribution in [2.24, 2.45) is 0 Å². The van der Waals surface area contributed by atoms with Crippen molar-refractivity contribution in [1.29, 1.82) is 0 Å². The SMILES string of the molecule is COc1cc(OC)nc(NC(=O)NS(=O)(=O)c2cc(NC=O)ccc2C(=O)N(C)C)n1.COc1ccccc1C(=O)NS(=O)(=O)c1ccc(C(=O)NC2CC2)cc1. The Hall–Kier alpha value is -6.81. The first kappa shape index (κ1) is 42.9. The Morgan fingerprint density at radius 2 is 1.39 bits per heavy atom. The number of para-hydroxylation sites is 1. The molecule has 0 bridgehead atoms. The van der Waals surface area contributed by atoms with Crippen LogP contribution in [0, 0.1) is 0 Å². The van der Waals surface area contributed by atoms with Crippen LogP contribution in [0.3, 0.4) is 0 Å². The van der Waals surface area contributed by atoms with Gasteiger partial charge < -0.3 is 29.7 Å². The van der Waals surface area contributed by atoms with Crippen molar-refractivity contribution >= 4 is 61.8 Å². The third kappa shape index (κ3) is 11.6. The average Bonchev–Trinajstić information content (AvgIpc) is 4.01. The Bertz CT molecular complexity index is 2350. The number of carbonyl (C=O) groups excluding carboxylic acids is 5. The normalized spacial score (nSPS) is 12.0. The minimum Gasteiger partial charge on any atom is -0.496 e. The third-order valence-corrected chi connectivity index (χ3v) is 10.3. The summed E-state index contributed by atoms with van der Waals surface area (Å²) in [5, 5.41) is 7.26. The van der Waals surface area contributed by atoms with Crippen LogP contribution >= 0.6 is 0 Å². The molecule has 57 heavy (non-hydrogen) atoms. The van der Waals surface area contributed by atoms with E-state index >= 15 is 0 Å². The minimum absolute atomic E-state index is 0.0662. The van der Waals surface area contributed by atoms with Crippen LogP contribution in [-0.4, -0.2) is 103 Å². The molecule has 1 aliphatic carbocycles. The molecule has 1 aliphatic rings. The summed E-state index contributed by atoms with van der Waals surface area (Å²) in [5.41, 5.74) is 0.374. The maximum Gasteiger partial charge on any atom is 0.335 e. The van der Waals surface area contributed by atoms with Crippen molar-refractivity contribution in [1.82, 2.24) is 29.6 Å². The molecule has 0 radical (unpaired) electrons. The Morgan fingerprint density at radius 3 is 1.95 bits per heavy atom. The summed E-state index contributed by atoms with van der Waals surface area (Å²) in [6.07, 6.45) is 2.27. The first-order valence-electron chi connectivity index (χ1n) is 16.5. The van der Waals surface area contributed by atoms with E-state index in [1.54, 1.807) is 22.9 Å². The van der Waals surface area contributed by atoms with Gasteiger partial charge >= 0.3 is 6.03 Å². The number of aromatic nitrogens is 2. The summed E-state index contributed by atoms with van der Waals surface area (Å²) in [6.45, 7) is 0. The molecule has 5 rings (SSSR count). The number of nitrogens with one attached hydrogen (secondary N) is 5. The van der Waals surface area contributed by atoms with Crippen LogP contribution in [0.1, 0.15) is 43.9 Å². The van der Waals surface area contributed by atoms with Crippen molar-refractivity contribution in [2.75, 3.05) is 46.1 Å². The smallest absolute Gasteiger partial charge is 0.335 e. The summed E-state index contributed by atoms with van der Waals surface area (Å²) in [6, 6.07) is 15.7. The fourth-order valence-electron chi connectivity index (χ4n) is 4.64. The summed E-state index contributed by atoms with van der Waals surface area (Å²) in [4.78, 5) is 67.9. The van der Waals surface area contributed by atoms with Crippen LogP contribution < -0.4 is 39.6 Å². The highest BCUT2D eigenvalue weighted by Gasteiger charge is 2.27. The van der Waals surface area contributed by atoms with E-state index in [9.17, 15) is 40.8 Å². The molecular formula is C35H38N8O12S2. The summed E-state index contributed by atoms with van der Waals surface area (Å²) in [7, 11) is -1.69. The fourth-order valence-corrected chi connectivity index (χ4v) is 6.74. The molecule has 0 atom stereocenters. The predicted octanol–water partition coefficient (Wildman–Crippen LogP) is 1.98. The molecule has 0 unspecified atom stereocenters. The topological polar surface area (TPSA) is 270 Å². The average molecular weight is 827 g/mol. The molecule has 6 amide bonds. The largest absolute Gasteiger partial charge is 0.496 e. The van der Waals surface area contributed by atoms with Crippen LogP contribution in [0.25, 0.3) is 0 Å². The van der Waals surface area contributed by atoms with Crippen LogP contribution in [0.5, 0.6) is 17.5 Å². The quantitative estimate of drug-likeness (QED) is 0.114. The number of urea groups is 1. The van der Waals surface area contributed by atoms with Crippen LogP contribution in [0.4, 0.5) is 16.4 Å². The van der Waals surface area contributed by atoms with Gasteiger partial charge in [0.05, 0.1) is 43.4 Å². The lowest BCUT2D eigenvalue weighted by atomic mass is 10.2. The zero-order chi connectivity index (χ0) is 41.9. The van der Waals surface area contributed by atoms with Crippen LogP contribution in [0.15, 0.2) is 82.6 Å². The number of hydrogen-bond donors (Lipinski definition) is 5. The number of nitrogens with zero attached hydrogens (tertiary/aromatic N) is 3. The van der Waals surface area contributed by atoms with Gasteiger partial charge in [0, 0.05) is 31.4 Å². The van der Waals surface area contributed by atoms with Crippen LogP contribution in [-0.2, 0) is 24.8 Å². The molecule has 1 saturated carbocycles. The van der Waals surface area contributed by atoms with Gasteiger partial charge in [0.1, 0.15) is 10.6 Å². The van der Waals surface area contributed by atoms with E-state index in [4.69, 9.17) is 14.2 Å². The van der Waals surface area contributed by atoms with Gasteiger partial charge in [-0.3, -0.25) is 24.5 Å².